The number of sulfonamides is 1. The summed E-state index contributed by atoms with van der Waals surface area (Å²) in [6.07, 6.45) is 8.20. The Bertz CT molecular complexity index is 802. The Morgan fingerprint density at radius 3 is 2.29 bits per heavy atom. The summed E-state index contributed by atoms with van der Waals surface area (Å²) in [5.74, 6) is 0. The van der Waals surface area contributed by atoms with Gasteiger partial charge in [0.15, 0.2) is 0 Å². The zero-order valence-corrected chi connectivity index (χ0v) is 14.6. The van der Waals surface area contributed by atoms with Gasteiger partial charge in [0, 0.05) is 24.8 Å². The first-order chi connectivity index (χ1) is 11.7. The molecule has 1 aromatic carbocycles. The molecule has 128 valence electrons. The second-order valence-corrected chi connectivity index (χ2v) is 8.64. The Hall–Kier alpha value is -1.66. The van der Waals surface area contributed by atoms with Gasteiger partial charge >= 0.3 is 0 Å². The molecule has 24 heavy (non-hydrogen) atoms. The minimum absolute atomic E-state index is 0.329. The van der Waals surface area contributed by atoms with Gasteiger partial charge in [-0.05, 0) is 25.7 Å². The van der Waals surface area contributed by atoms with E-state index in [9.17, 15) is 8.42 Å². The van der Waals surface area contributed by atoms with E-state index in [0.717, 1.165) is 31.2 Å². The third-order valence-electron chi connectivity index (χ3n) is 5.13. The van der Waals surface area contributed by atoms with Crippen LogP contribution in [0.2, 0.25) is 0 Å². The van der Waals surface area contributed by atoms with Gasteiger partial charge < -0.3 is 0 Å². The Morgan fingerprint density at radius 1 is 0.958 bits per heavy atom. The van der Waals surface area contributed by atoms with Crippen molar-refractivity contribution in [1.29, 1.82) is 0 Å². The first kappa shape index (κ1) is 15.8. The van der Waals surface area contributed by atoms with E-state index >= 15 is 0 Å². The topological polar surface area (TPSA) is 55.2 Å². The van der Waals surface area contributed by atoms with Gasteiger partial charge in [-0.25, -0.2) is 8.42 Å². The molecule has 0 amide bonds. The molecule has 6 heteroatoms. The molecule has 2 heterocycles. The van der Waals surface area contributed by atoms with E-state index in [0.29, 0.717) is 29.7 Å². The minimum Gasteiger partial charge on any atom is -0.268 e. The summed E-state index contributed by atoms with van der Waals surface area (Å²) in [5, 5.41) is 4.71. The van der Waals surface area contributed by atoms with Gasteiger partial charge in [0.2, 0.25) is 10.0 Å². The van der Waals surface area contributed by atoms with Crippen LogP contribution in [0.3, 0.4) is 0 Å². The van der Waals surface area contributed by atoms with Gasteiger partial charge in [0.1, 0.15) is 10.6 Å². The lowest BCUT2D eigenvalue weighted by atomic mass is 10.2. The lowest BCUT2D eigenvalue weighted by Crippen LogP contribution is -2.28. The zero-order chi connectivity index (χ0) is 16.6. The van der Waals surface area contributed by atoms with Crippen molar-refractivity contribution >= 4 is 10.0 Å². The molecule has 2 aliphatic rings. The zero-order valence-electron chi connectivity index (χ0n) is 13.8. The Morgan fingerprint density at radius 2 is 1.62 bits per heavy atom. The molecule has 5 nitrogen and oxygen atoms in total. The van der Waals surface area contributed by atoms with Gasteiger partial charge in [-0.1, -0.05) is 43.2 Å². The average molecular weight is 345 g/mol. The third-order valence-corrected chi connectivity index (χ3v) is 7.03. The Labute approximate surface area is 143 Å². The average Bonchev–Trinajstić information content (AvgIpc) is 3.35. The van der Waals surface area contributed by atoms with Crippen molar-refractivity contribution in [2.45, 2.75) is 49.5 Å². The predicted molar refractivity (Wildman–Crippen MR) is 93.2 cm³/mol. The van der Waals surface area contributed by atoms with E-state index in [1.54, 1.807) is 10.5 Å². The number of hydrogen-bond donors (Lipinski definition) is 0. The summed E-state index contributed by atoms with van der Waals surface area (Å²) < 4.78 is 29.8. The van der Waals surface area contributed by atoms with Crippen molar-refractivity contribution in [2.75, 3.05) is 13.1 Å². The fraction of sp³-hybridized carbons (Fsp3) is 0.500. The number of benzene rings is 1. The van der Waals surface area contributed by atoms with Crippen LogP contribution in [0.25, 0.3) is 11.3 Å². The van der Waals surface area contributed by atoms with Crippen LogP contribution in [-0.2, 0) is 10.0 Å². The number of hydrogen-bond acceptors (Lipinski definition) is 3. The highest BCUT2D eigenvalue weighted by Crippen LogP contribution is 2.34. The highest BCUT2D eigenvalue weighted by molar-refractivity contribution is 7.89. The summed E-state index contributed by atoms with van der Waals surface area (Å²) in [7, 11) is -3.48. The molecule has 1 aliphatic heterocycles. The molecule has 4 rings (SSSR count). The van der Waals surface area contributed by atoms with E-state index < -0.39 is 10.0 Å². The first-order valence-electron chi connectivity index (χ1n) is 8.81. The van der Waals surface area contributed by atoms with Gasteiger partial charge in [0.25, 0.3) is 0 Å². The van der Waals surface area contributed by atoms with Crippen molar-refractivity contribution in [1.82, 2.24) is 14.1 Å². The summed E-state index contributed by atoms with van der Waals surface area (Å²) in [6, 6.07) is 9.99. The molecule has 0 unspecified atom stereocenters. The van der Waals surface area contributed by atoms with E-state index in [1.165, 1.54) is 12.8 Å². The van der Waals surface area contributed by atoms with Crippen LogP contribution < -0.4 is 0 Å². The first-order valence-corrected chi connectivity index (χ1v) is 10.2. The molecule has 0 bridgehead atoms. The minimum atomic E-state index is -3.48. The number of rotatable bonds is 4. The molecule has 0 atom stereocenters. The van der Waals surface area contributed by atoms with E-state index in [1.807, 2.05) is 35.0 Å². The van der Waals surface area contributed by atoms with Crippen LogP contribution in [0.15, 0.2) is 41.4 Å². The fourth-order valence-electron chi connectivity index (χ4n) is 3.78. The summed E-state index contributed by atoms with van der Waals surface area (Å²) in [4.78, 5) is 0.363. The van der Waals surface area contributed by atoms with Crippen molar-refractivity contribution in [2.24, 2.45) is 0 Å². The van der Waals surface area contributed by atoms with Crippen LogP contribution in [0, 0.1) is 0 Å². The summed E-state index contributed by atoms with van der Waals surface area (Å²) in [5.41, 5.74) is 1.46. The lowest BCUT2D eigenvalue weighted by molar-refractivity contribution is 0.464. The third kappa shape index (κ3) is 2.78. The largest absolute Gasteiger partial charge is 0.268 e. The van der Waals surface area contributed by atoms with Crippen LogP contribution in [0.4, 0.5) is 0 Å². The van der Waals surface area contributed by atoms with Crippen LogP contribution in [0.1, 0.15) is 44.6 Å². The van der Waals surface area contributed by atoms with Gasteiger partial charge in [-0.3, -0.25) is 4.68 Å². The van der Waals surface area contributed by atoms with Crippen LogP contribution in [0.5, 0.6) is 0 Å². The second kappa shape index (κ2) is 6.33. The van der Waals surface area contributed by atoms with E-state index in [-0.39, 0.29) is 0 Å². The summed E-state index contributed by atoms with van der Waals surface area (Å²) >= 11 is 0. The van der Waals surface area contributed by atoms with Gasteiger partial charge in [-0.15, -0.1) is 0 Å². The quantitative estimate of drug-likeness (QED) is 0.853. The smallest absolute Gasteiger partial charge is 0.246 e. The Balaban J connectivity index is 1.81. The molecule has 1 saturated carbocycles. The molecular weight excluding hydrogens is 322 g/mol. The maximum absolute atomic E-state index is 13.1. The molecular formula is C18H23N3O2S. The van der Waals surface area contributed by atoms with Crippen molar-refractivity contribution in [3.63, 3.8) is 0 Å². The van der Waals surface area contributed by atoms with Crippen molar-refractivity contribution < 1.29 is 8.42 Å². The van der Waals surface area contributed by atoms with Gasteiger partial charge in [-0.2, -0.15) is 9.40 Å². The molecule has 1 saturated heterocycles. The number of nitrogens with zero attached hydrogens (tertiary/aromatic N) is 3. The van der Waals surface area contributed by atoms with Gasteiger partial charge in [0.05, 0.1) is 6.04 Å². The SMILES string of the molecule is O=S(=O)(c1cn(C2CCCC2)nc1-c1ccccc1)N1CCCC1. The normalized spacial score (nSPS) is 20.0. The van der Waals surface area contributed by atoms with Crippen LogP contribution >= 0.6 is 0 Å². The second-order valence-electron chi connectivity index (χ2n) is 6.74. The van der Waals surface area contributed by atoms with Crippen molar-refractivity contribution in [3.05, 3.63) is 36.5 Å². The summed E-state index contributed by atoms with van der Waals surface area (Å²) in [6.45, 7) is 1.23. The maximum atomic E-state index is 13.1. The molecule has 0 spiro atoms. The molecule has 1 aliphatic carbocycles. The van der Waals surface area contributed by atoms with Crippen molar-refractivity contribution in [3.8, 4) is 11.3 Å². The maximum Gasteiger partial charge on any atom is 0.246 e. The molecule has 2 fully saturated rings. The monoisotopic (exact) mass is 345 g/mol. The predicted octanol–water partition coefficient (Wildman–Crippen LogP) is 3.45. The highest BCUT2D eigenvalue weighted by atomic mass is 32.2. The molecule has 1 aromatic heterocycles. The fourth-order valence-corrected chi connectivity index (χ4v) is 5.44. The van der Waals surface area contributed by atoms with Crippen LogP contribution in [-0.4, -0.2) is 35.6 Å². The standard InChI is InChI=1S/C18H23N3O2S/c22-24(23,20-12-6-7-13-20)17-14-21(16-10-4-5-11-16)19-18(17)15-8-2-1-3-9-15/h1-3,8-9,14,16H,4-7,10-13H2. The Kier molecular flexibility index (Phi) is 4.18. The van der Waals surface area contributed by atoms with E-state index in [2.05, 4.69) is 0 Å². The molecule has 2 aromatic rings. The van der Waals surface area contributed by atoms with E-state index in [4.69, 9.17) is 5.10 Å². The number of aromatic nitrogens is 2. The highest BCUT2D eigenvalue weighted by Gasteiger charge is 2.33. The molecule has 0 radical (unpaired) electrons. The molecule has 0 N–H and O–H groups in total. The lowest BCUT2D eigenvalue weighted by Gasteiger charge is -2.15.